The predicted molar refractivity (Wildman–Crippen MR) is 80.1 cm³/mol. The molecule has 19 heavy (non-hydrogen) atoms. The van der Waals surface area contributed by atoms with Crippen molar-refractivity contribution in [3.63, 3.8) is 0 Å². The highest BCUT2D eigenvalue weighted by Gasteiger charge is 2.29. The van der Waals surface area contributed by atoms with Crippen LogP contribution >= 0.6 is 11.6 Å². The first-order valence-corrected chi connectivity index (χ1v) is 7.08. The smallest absolute Gasteiger partial charge is 0.253 e. The van der Waals surface area contributed by atoms with Gasteiger partial charge in [-0.1, -0.05) is 6.07 Å². The number of rotatable bonds is 4. The van der Waals surface area contributed by atoms with Gasteiger partial charge in [-0.3, -0.25) is 4.79 Å². The first kappa shape index (κ1) is 14.2. The Morgan fingerprint density at radius 1 is 1.32 bits per heavy atom. The van der Waals surface area contributed by atoms with Crippen LogP contribution in [0.25, 0.3) is 0 Å². The van der Waals surface area contributed by atoms with E-state index in [0.29, 0.717) is 11.3 Å². The molecule has 0 aliphatic heterocycles. The lowest BCUT2D eigenvalue weighted by Gasteiger charge is -2.34. The number of carbonyl (C=O) groups excluding carboxylic acids is 1. The summed E-state index contributed by atoms with van der Waals surface area (Å²) in [6, 6.07) is 7.73. The van der Waals surface area contributed by atoms with Gasteiger partial charge in [-0.15, -0.1) is 11.6 Å². The third-order valence-electron chi connectivity index (χ3n) is 3.67. The van der Waals surface area contributed by atoms with Crippen molar-refractivity contribution in [2.45, 2.75) is 18.2 Å². The van der Waals surface area contributed by atoms with E-state index >= 15 is 0 Å². The van der Waals surface area contributed by atoms with Crippen molar-refractivity contribution in [2.24, 2.45) is 5.92 Å². The zero-order valence-corrected chi connectivity index (χ0v) is 12.5. The summed E-state index contributed by atoms with van der Waals surface area (Å²) in [5, 5.41) is 0.311. The molecule has 1 saturated carbocycles. The molecule has 1 aliphatic carbocycles. The Bertz CT molecular complexity index is 455. The number of hydrogen-bond donors (Lipinski definition) is 0. The van der Waals surface area contributed by atoms with Gasteiger partial charge in [-0.25, -0.2) is 0 Å². The molecule has 1 amide bonds. The van der Waals surface area contributed by atoms with Gasteiger partial charge in [-0.05, 0) is 37.0 Å². The first-order valence-electron chi connectivity index (χ1n) is 6.64. The molecule has 0 atom stereocenters. The highest BCUT2D eigenvalue weighted by molar-refractivity contribution is 6.21. The molecule has 0 saturated heterocycles. The number of carbonyl (C=O) groups is 1. The third kappa shape index (κ3) is 3.41. The van der Waals surface area contributed by atoms with Crippen LogP contribution in [-0.2, 0) is 0 Å². The second-order valence-corrected chi connectivity index (χ2v) is 6.18. The molecule has 4 heteroatoms. The van der Waals surface area contributed by atoms with Gasteiger partial charge in [0.15, 0.2) is 0 Å². The summed E-state index contributed by atoms with van der Waals surface area (Å²) >= 11 is 5.97. The third-order valence-corrected chi connectivity index (χ3v) is 4.02. The van der Waals surface area contributed by atoms with E-state index in [0.717, 1.165) is 30.6 Å². The molecule has 0 heterocycles. The second kappa shape index (κ2) is 5.83. The van der Waals surface area contributed by atoms with E-state index < -0.39 is 0 Å². The number of halogens is 1. The second-order valence-electron chi connectivity index (χ2n) is 5.57. The van der Waals surface area contributed by atoms with Crippen molar-refractivity contribution in [1.82, 2.24) is 4.90 Å². The molecular weight excluding hydrogens is 260 g/mol. The number of alkyl halides is 1. The average molecular weight is 281 g/mol. The van der Waals surface area contributed by atoms with Crippen LogP contribution in [0.1, 0.15) is 23.2 Å². The monoisotopic (exact) mass is 280 g/mol. The van der Waals surface area contributed by atoms with Crippen molar-refractivity contribution in [3.8, 4) is 0 Å². The largest absolute Gasteiger partial charge is 0.378 e. The van der Waals surface area contributed by atoms with E-state index in [1.165, 1.54) is 0 Å². The Hall–Kier alpha value is -1.22. The van der Waals surface area contributed by atoms with Gasteiger partial charge in [0.25, 0.3) is 5.91 Å². The molecule has 2 rings (SSSR count). The number of nitrogens with zero attached hydrogens (tertiary/aromatic N) is 2. The van der Waals surface area contributed by atoms with E-state index in [1.807, 2.05) is 55.2 Å². The van der Waals surface area contributed by atoms with Gasteiger partial charge in [0.1, 0.15) is 0 Å². The van der Waals surface area contributed by atoms with Gasteiger partial charge < -0.3 is 9.80 Å². The van der Waals surface area contributed by atoms with Gasteiger partial charge >= 0.3 is 0 Å². The lowest BCUT2D eigenvalue weighted by Crippen LogP contribution is -2.37. The van der Waals surface area contributed by atoms with E-state index in [2.05, 4.69) is 0 Å². The fraction of sp³-hybridized carbons (Fsp3) is 0.533. The molecule has 1 aromatic carbocycles. The fourth-order valence-corrected chi connectivity index (χ4v) is 2.92. The predicted octanol–water partition coefficient (Wildman–Crippen LogP) is 2.84. The molecule has 1 fully saturated rings. The fourth-order valence-electron chi connectivity index (χ4n) is 2.41. The van der Waals surface area contributed by atoms with E-state index in [9.17, 15) is 4.79 Å². The summed E-state index contributed by atoms with van der Waals surface area (Å²) in [6.07, 6.45) is 2.05. The quantitative estimate of drug-likeness (QED) is 0.792. The normalized spacial score (nSPS) is 21.7. The molecule has 0 N–H and O–H groups in total. The van der Waals surface area contributed by atoms with Crippen LogP contribution in [0, 0.1) is 5.92 Å². The van der Waals surface area contributed by atoms with Gasteiger partial charge in [0.2, 0.25) is 0 Å². The Morgan fingerprint density at radius 2 is 2.00 bits per heavy atom. The van der Waals surface area contributed by atoms with Crippen molar-refractivity contribution < 1.29 is 4.79 Å². The van der Waals surface area contributed by atoms with Crippen LogP contribution in [-0.4, -0.2) is 43.9 Å². The molecule has 104 valence electrons. The number of anilines is 1. The Balaban J connectivity index is 2.00. The van der Waals surface area contributed by atoms with Crippen molar-refractivity contribution in [2.75, 3.05) is 32.6 Å². The topological polar surface area (TPSA) is 23.6 Å². The Morgan fingerprint density at radius 3 is 2.58 bits per heavy atom. The SMILES string of the molecule is CN(CC1CC(Cl)C1)C(=O)c1cccc(N(C)C)c1. The summed E-state index contributed by atoms with van der Waals surface area (Å²) in [4.78, 5) is 16.2. The van der Waals surface area contributed by atoms with E-state index in [-0.39, 0.29) is 5.91 Å². The molecule has 0 bridgehead atoms. The first-order chi connectivity index (χ1) is 8.97. The van der Waals surface area contributed by atoms with Crippen molar-refractivity contribution in [3.05, 3.63) is 29.8 Å². The number of amides is 1. The van der Waals surface area contributed by atoms with Gasteiger partial charge in [-0.2, -0.15) is 0 Å². The molecule has 1 aliphatic rings. The molecule has 0 aromatic heterocycles. The number of hydrogen-bond acceptors (Lipinski definition) is 2. The summed E-state index contributed by atoms with van der Waals surface area (Å²) in [6.45, 7) is 0.800. The van der Waals surface area contributed by atoms with Gasteiger partial charge in [0.05, 0.1) is 0 Å². The van der Waals surface area contributed by atoms with Crippen LogP contribution in [0.5, 0.6) is 0 Å². The minimum Gasteiger partial charge on any atom is -0.378 e. The Labute approximate surface area is 120 Å². The van der Waals surface area contributed by atoms with Crippen LogP contribution in [0.2, 0.25) is 0 Å². The zero-order chi connectivity index (χ0) is 14.0. The summed E-state index contributed by atoms with van der Waals surface area (Å²) in [5.74, 6) is 0.648. The minimum atomic E-state index is 0.0849. The standard InChI is InChI=1S/C15H21ClN2O/c1-17(2)14-6-4-5-12(9-14)15(19)18(3)10-11-7-13(16)8-11/h4-6,9,11,13H,7-8,10H2,1-3H3. The maximum Gasteiger partial charge on any atom is 0.253 e. The molecule has 0 spiro atoms. The summed E-state index contributed by atoms with van der Waals surface area (Å²) in [5.41, 5.74) is 1.79. The molecular formula is C15H21ClN2O. The van der Waals surface area contributed by atoms with Crippen molar-refractivity contribution >= 4 is 23.2 Å². The van der Waals surface area contributed by atoms with E-state index in [1.54, 1.807) is 0 Å². The van der Waals surface area contributed by atoms with Crippen molar-refractivity contribution in [1.29, 1.82) is 0 Å². The summed E-state index contributed by atoms with van der Waals surface area (Å²) in [7, 11) is 5.82. The maximum absolute atomic E-state index is 12.4. The van der Waals surface area contributed by atoms with Crippen LogP contribution in [0.15, 0.2) is 24.3 Å². The molecule has 1 aromatic rings. The lowest BCUT2D eigenvalue weighted by atomic mass is 9.84. The van der Waals surface area contributed by atoms with Crippen LogP contribution in [0.4, 0.5) is 5.69 Å². The van der Waals surface area contributed by atoms with E-state index in [4.69, 9.17) is 11.6 Å². The zero-order valence-electron chi connectivity index (χ0n) is 11.8. The molecule has 3 nitrogen and oxygen atoms in total. The minimum absolute atomic E-state index is 0.0849. The lowest BCUT2D eigenvalue weighted by molar-refractivity contribution is 0.0747. The molecule has 0 radical (unpaired) electrons. The number of benzene rings is 1. The van der Waals surface area contributed by atoms with Crippen LogP contribution in [0.3, 0.4) is 0 Å². The average Bonchev–Trinajstić information content (AvgIpc) is 2.36. The maximum atomic E-state index is 12.4. The Kier molecular flexibility index (Phi) is 4.35. The molecule has 0 unspecified atom stereocenters. The van der Waals surface area contributed by atoms with Gasteiger partial charge in [0, 0.05) is 44.3 Å². The highest BCUT2D eigenvalue weighted by atomic mass is 35.5. The highest BCUT2D eigenvalue weighted by Crippen LogP contribution is 2.32. The summed E-state index contributed by atoms with van der Waals surface area (Å²) < 4.78 is 0. The van der Waals surface area contributed by atoms with Crippen LogP contribution < -0.4 is 4.90 Å².